The van der Waals surface area contributed by atoms with Gasteiger partial charge in [-0.15, -0.1) is 34.8 Å². The summed E-state index contributed by atoms with van der Waals surface area (Å²) >= 11 is 0. The minimum Gasteiger partial charge on any atom is -0.656 e. The van der Waals surface area contributed by atoms with E-state index in [4.69, 9.17) is 9.97 Å². The Labute approximate surface area is 309 Å². The van der Waals surface area contributed by atoms with E-state index in [0.717, 1.165) is 72.5 Å². The van der Waals surface area contributed by atoms with E-state index in [2.05, 4.69) is 52.0 Å². The van der Waals surface area contributed by atoms with E-state index in [-0.39, 0.29) is 21.1 Å². The van der Waals surface area contributed by atoms with Crippen LogP contribution in [-0.2, 0) is 27.2 Å². The number of pyridine rings is 1. The summed E-state index contributed by atoms with van der Waals surface area (Å²) in [6.07, 6.45) is -2.86. The number of halogens is 3. The van der Waals surface area contributed by atoms with Crippen LogP contribution in [0, 0.1) is 6.07 Å². The van der Waals surface area contributed by atoms with Gasteiger partial charge in [0.2, 0.25) is 0 Å². The van der Waals surface area contributed by atoms with E-state index >= 15 is 0 Å². The molecule has 0 atom stereocenters. The Morgan fingerprint density at radius 2 is 1.37 bits per heavy atom. The molecule has 0 aliphatic heterocycles. The van der Waals surface area contributed by atoms with E-state index in [1.54, 1.807) is 22.9 Å². The summed E-state index contributed by atoms with van der Waals surface area (Å²) in [5.41, 5.74) is 7.23. The van der Waals surface area contributed by atoms with Crippen LogP contribution >= 0.6 is 0 Å². The predicted molar refractivity (Wildman–Crippen MR) is 196 cm³/mol. The van der Waals surface area contributed by atoms with Crippen molar-refractivity contribution in [3.8, 4) is 34.0 Å². The molecule has 9 heteroatoms. The Kier molecular flexibility index (Phi) is 7.42. The molecule has 4 aromatic heterocycles. The largest absolute Gasteiger partial charge is 2.00 e. The third-order valence-corrected chi connectivity index (χ3v) is 9.58. The minimum absolute atomic E-state index is 0. The van der Waals surface area contributed by atoms with Crippen LogP contribution in [0.25, 0.3) is 88.7 Å². The fourth-order valence-corrected chi connectivity index (χ4v) is 7.31. The number of benzene rings is 6. The fourth-order valence-electron chi connectivity index (χ4n) is 7.31. The maximum Gasteiger partial charge on any atom is 2.00 e. The van der Waals surface area contributed by atoms with Crippen molar-refractivity contribution in [2.24, 2.45) is 0 Å². The molecule has 0 fully saturated rings. The van der Waals surface area contributed by atoms with Crippen LogP contribution < -0.4 is 4.98 Å². The predicted octanol–water partition coefficient (Wildman–Crippen LogP) is 10.9. The summed E-state index contributed by atoms with van der Waals surface area (Å²) < 4.78 is 45.7. The van der Waals surface area contributed by atoms with E-state index < -0.39 is 11.7 Å². The first-order valence-electron chi connectivity index (χ1n) is 16.4. The molecular weight excluding hydrogens is 839 g/mol. The van der Waals surface area contributed by atoms with Gasteiger partial charge in [0.05, 0.1) is 16.6 Å². The summed E-state index contributed by atoms with van der Waals surface area (Å²) in [6.45, 7) is 0. The van der Waals surface area contributed by atoms with E-state index in [1.165, 1.54) is 12.1 Å². The number of rotatable bonds is 4. The number of imidazole rings is 1. The van der Waals surface area contributed by atoms with E-state index in [9.17, 15) is 13.2 Å². The summed E-state index contributed by atoms with van der Waals surface area (Å²) in [7, 11) is 0. The Bertz CT molecular complexity index is 2960. The number of para-hydroxylation sites is 4. The molecule has 252 valence electrons. The minimum atomic E-state index is -4.49. The monoisotopic (exact) mass is 862 g/mol. The molecule has 4 heterocycles. The van der Waals surface area contributed by atoms with Crippen molar-refractivity contribution in [1.29, 1.82) is 0 Å². The Balaban J connectivity index is 0.00000360. The molecule has 0 aliphatic carbocycles. The van der Waals surface area contributed by atoms with Gasteiger partial charge in [-0.2, -0.15) is 13.2 Å². The van der Waals surface area contributed by atoms with Crippen LogP contribution in [0.1, 0.15) is 5.56 Å². The standard InChI is InChI=1S/C43H24F3N5.Pt/c44-43(45,46)27-20-22-32-31-21-19-26(24-37(31)51(38(32)25-27)39-18-6-7-23-47-39)29-13-9-17-36-41(29)49-42(50(36)28-10-2-1-3-11-28)34-15-8-14-33-30-12-4-5-16-35(30)48-40(33)34;/h1-23,25H;/q-2;+2. The van der Waals surface area contributed by atoms with Gasteiger partial charge in [-0.05, 0) is 58.1 Å². The molecule has 0 saturated heterocycles. The molecule has 10 aromatic rings. The first-order chi connectivity index (χ1) is 24.9. The van der Waals surface area contributed by atoms with Crippen LogP contribution in [0.5, 0.6) is 0 Å². The molecular formula is C43H24F3N5Pt. The third kappa shape index (κ3) is 4.89. The Hall–Kier alpha value is -5.98. The molecule has 0 spiro atoms. The SMILES string of the molecule is FC(F)(F)c1ccc2c3ccc(-c4cccc5c4nc(-c4cccc6c4[n-]c4ccccc46)n5-c4ccccc4)[c-]c3n(-c3ccccn3)c2c1.[Pt+2]. The zero-order chi connectivity index (χ0) is 34.3. The maximum atomic E-state index is 13.9. The number of hydrogen-bond acceptors (Lipinski definition) is 2. The topological polar surface area (TPSA) is 49.7 Å². The van der Waals surface area contributed by atoms with Crippen LogP contribution in [0.4, 0.5) is 13.2 Å². The number of alkyl halides is 3. The number of aromatic nitrogens is 5. The van der Waals surface area contributed by atoms with Crippen LogP contribution in [-0.4, -0.2) is 19.1 Å². The van der Waals surface area contributed by atoms with Gasteiger partial charge in [-0.25, -0.2) is 9.97 Å². The second-order valence-corrected chi connectivity index (χ2v) is 12.5. The molecule has 52 heavy (non-hydrogen) atoms. The van der Waals surface area contributed by atoms with Crippen molar-refractivity contribution in [2.75, 3.05) is 0 Å². The van der Waals surface area contributed by atoms with Crippen LogP contribution in [0.15, 0.2) is 146 Å². The molecule has 0 unspecified atom stereocenters. The average molecular weight is 863 g/mol. The first-order valence-corrected chi connectivity index (χ1v) is 16.4. The Morgan fingerprint density at radius 1 is 0.615 bits per heavy atom. The van der Waals surface area contributed by atoms with Gasteiger partial charge in [0.25, 0.3) is 0 Å². The van der Waals surface area contributed by atoms with Crippen molar-refractivity contribution in [3.63, 3.8) is 0 Å². The third-order valence-electron chi connectivity index (χ3n) is 9.58. The van der Waals surface area contributed by atoms with E-state index in [1.807, 2.05) is 72.8 Å². The molecule has 0 amide bonds. The molecule has 0 N–H and O–H groups in total. The van der Waals surface area contributed by atoms with Gasteiger partial charge in [0.15, 0.2) is 0 Å². The van der Waals surface area contributed by atoms with Gasteiger partial charge in [-0.3, -0.25) is 4.57 Å². The smallest absolute Gasteiger partial charge is 0.656 e. The molecule has 0 bridgehead atoms. The normalized spacial score (nSPS) is 12.0. The average Bonchev–Trinajstić information content (AvgIpc) is 3.84. The van der Waals surface area contributed by atoms with Crippen LogP contribution in [0.3, 0.4) is 0 Å². The van der Waals surface area contributed by atoms with Gasteiger partial charge in [-0.1, -0.05) is 102 Å². The zero-order valence-electron chi connectivity index (χ0n) is 27.0. The molecule has 0 radical (unpaired) electrons. The second-order valence-electron chi connectivity index (χ2n) is 12.5. The van der Waals surface area contributed by atoms with Crippen molar-refractivity contribution < 1.29 is 34.2 Å². The van der Waals surface area contributed by atoms with Gasteiger partial charge < -0.3 is 9.55 Å². The molecule has 0 aliphatic rings. The van der Waals surface area contributed by atoms with E-state index in [0.29, 0.717) is 22.2 Å². The zero-order valence-corrected chi connectivity index (χ0v) is 29.3. The summed E-state index contributed by atoms with van der Waals surface area (Å²) in [4.78, 5) is 14.9. The van der Waals surface area contributed by atoms with Gasteiger partial charge in [0, 0.05) is 23.0 Å². The maximum absolute atomic E-state index is 13.9. The fraction of sp³-hybridized carbons (Fsp3) is 0.0233. The summed E-state index contributed by atoms with van der Waals surface area (Å²) in [5.74, 6) is 1.25. The van der Waals surface area contributed by atoms with Crippen molar-refractivity contribution in [3.05, 3.63) is 157 Å². The van der Waals surface area contributed by atoms with Crippen LogP contribution in [0.2, 0.25) is 0 Å². The van der Waals surface area contributed by atoms with Gasteiger partial charge in [0.1, 0.15) is 11.6 Å². The molecule has 0 saturated carbocycles. The summed E-state index contributed by atoms with van der Waals surface area (Å²) in [5, 5.41) is 3.61. The number of fused-ring (bicyclic) bond motifs is 7. The van der Waals surface area contributed by atoms with Crippen molar-refractivity contribution in [2.45, 2.75) is 6.18 Å². The summed E-state index contributed by atoms with van der Waals surface area (Å²) in [6, 6.07) is 47.3. The second kappa shape index (κ2) is 12.1. The molecule has 10 rings (SSSR count). The number of hydrogen-bond donors (Lipinski definition) is 0. The molecule has 6 aromatic carbocycles. The Morgan fingerprint density at radius 3 is 2.19 bits per heavy atom. The quantitative estimate of drug-likeness (QED) is 0.166. The first kappa shape index (κ1) is 32.0. The number of nitrogens with zero attached hydrogens (tertiary/aromatic N) is 5. The van der Waals surface area contributed by atoms with Gasteiger partial charge >= 0.3 is 27.2 Å². The molecule has 5 nitrogen and oxygen atoms in total. The van der Waals surface area contributed by atoms with Crippen molar-refractivity contribution in [1.82, 2.24) is 24.1 Å². The van der Waals surface area contributed by atoms with Crippen molar-refractivity contribution >= 4 is 54.6 Å².